The first-order chi connectivity index (χ1) is 22.3. The first-order valence-electron chi connectivity index (χ1n) is 14.9. The summed E-state index contributed by atoms with van der Waals surface area (Å²) in [5.41, 5.74) is 7.30. The average molecular weight is 577 g/mol. The molecule has 0 fully saturated rings. The van der Waals surface area contributed by atoms with Crippen LogP contribution in [0.25, 0.3) is 88.9 Å². The van der Waals surface area contributed by atoms with E-state index in [0.29, 0.717) is 17.5 Å². The molecule has 9 aromatic rings. The van der Waals surface area contributed by atoms with Crippen molar-refractivity contribution in [3.63, 3.8) is 0 Å². The fourth-order valence-electron chi connectivity index (χ4n) is 6.13. The summed E-state index contributed by atoms with van der Waals surface area (Å²) in [4.78, 5) is 19.7. The van der Waals surface area contributed by atoms with E-state index in [1.165, 1.54) is 5.39 Å². The maximum atomic E-state index is 6.54. The number of fused-ring (bicyclic) bond motifs is 6. The maximum absolute atomic E-state index is 6.54. The van der Waals surface area contributed by atoms with Crippen molar-refractivity contribution < 1.29 is 4.42 Å². The first kappa shape index (κ1) is 25.3. The number of nitrogens with zero attached hydrogens (tertiary/aromatic N) is 4. The number of benzene rings is 6. The Bertz CT molecular complexity index is 2480. The molecule has 0 N–H and O–H groups in total. The molecule has 0 spiro atoms. The van der Waals surface area contributed by atoms with E-state index in [1.807, 2.05) is 91.1 Å². The Morgan fingerprint density at radius 2 is 1.04 bits per heavy atom. The highest BCUT2D eigenvalue weighted by atomic mass is 16.3. The first-order valence-corrected chi connectivity index (χ1v) is 14.9. The average Bonchev–Trinajstić information content (AvgIpc) is 3.50. The molecule has 3 heterocycles. The summed E-state index contributed by atoms with van der Waals surface area (Å²) in [6.45, 7) is 0. The van der Waals surface area contributed by atoms with Gasteiger partial charge in [0.2, 0.25) is 0 Å². The highest BCUT2D eigenvalue weighted by molar-refractivity contribution is 6.12. The zero-order valence-corrected chi connectivity index (χ0v) is 24.1. The second kappa shape index (κ2) is 10.2. The van der Waals surface area contributed by atoms with Gasteiger partial charge in [-0.3, -0.25) is 4.98 Å². The quantitative estimate of drug-likeness (QED) is 0.195. The van der Waals surface area contributed by atoms with E-state index in [9.17, 15) is 0 Å². The molecule has 0 amide bonds. The second-order valence-corrected chi connectivity index (χ2v) is 11.1. The molecule has 6 aromatic carbocycles. The smallest absolute Gasteiger partial charge is 0.167 e. The summed E-state index contributed by atoms with van der Waals surface area (Å²) in [6.07, 6.45) is 1.94. The van der Waals surface area contributed by atoms with Crippen LogP contribution in [0.3, 0.4) is 0 Å². The Kier molecular flexibility index (Phi) is 5.74. The van der Waals surface area contributed by atoms with Crippen molar-refractivity contribution >= 4 is 43.6 Å². The molecule has 0 radical (unpaired) electrons. The predicted octanol–water partition coefficient (Wildman–Crippen LogP) is 10.1. The summed E-state index contributed by atoms with van der Waals surface area (Å²) in [6, 6.07) is 47.4. The van der Waals surface area contributed by atoms with Crippen LogP contribution in [0.5, 0.6) is 0 Å². The van der Waals surface area contributed by atoms with Gasteiger partial charge in [0, 0.05) is 38.9 Å². The standard InChI is InChI=1S/C40H24N4O/c1-3-11-25(12-4-1)38-42-39(26-13-5-2-6-14-26)44-40(43-38)34-23-29(22-33-31-17-9-10-18-36(31)45-37(33)34)27-19-20-35-32(21-27)30-16-8-7-15-28(30)24-41-35/h1-24H. The predicted molar refractivity (Wildman–Crippen MR) is 182 cm³/mol. The molecule has 9 rings (SSSR count). The van der Waals surface area contributed by atoms with Crippen molar-refractivity contribution in [2.45, 2.75) is 0 Å². The molecule has 3 aromatic heterocycles. The van der Waals surface area contributed by atoms with Crippen molar-refractivity contribution in [3.05, 3.63) is 146 Å². The Labute approximate surface area is 258 Å². The molecular formula is C40H24N4O. The van der Waals surface area contributed by atoms with E-state index in [4.69, 9.17) is 24.4 Å². The zero-order chi connectivity index (χ0) is 29.7. The fourth-order valence-corrected chi connectivity index (χ4v) is 6.13. The van der Waals surface area contributed by atoms with Gasteiger partial charge in [0.15, 0.2) is 17.5 Å². The number of hydrogen-bond donors (Lipinski definition) is 0. The minimum absolute atomic E-state index is 0.557. The normalized spacial score (nSPS) is 11.6. The van der Waals surface area contributed by atoms with Crippen LogP contribution in [0.15, 0.2) is 150 Å². The van der Waals surface area contributed by atoms with E-state index in [-0.39, 0.29) is 0 Å². The van der Waals surface area contributed by atoms with Crippen LogP contribution < -0.4 is 0 Å². The molecule has 0 aliphatic carbocycles. The summed E-state index contributed by atoms with van der Waals surface area (Å²) in [7, 11) is 0. The highest BCUT2D eigenvalue weighted by Gasteiger charge is 2.20. The van der Waals surface area contributed by atoms with Crippen LogP contribution in [0.1, 0.15) is 0 Å². The molecule has 0 saturated carbocycles. The second-order valence-electron chi connectivity index (χ2n) is 11.1. The molecule has 45 heavy (non-hydrogen) atoms. The lowest BCUT2D eigenvalue weighted by Gasteiger charge is -2.11. The molecule has 0 unspecified atom stereocenters. The fraction of sp³-hybridized carbons (Fsp3) is 0. The Morgan fingerprint density at radius 3 is 1.80 bits per heavy atom. The number of para-hydroxylation sites is 1. The zero-order valence-electron chi connectivity index (χ0n) is 24.1. The molecule has 210 valence electrons. The summed E-state index contributed by atoms with van der Waals surface area (Å²) in [5, 5.41) is 5.46. The maximum Gasteiger partial charge on any atom is 0.167 e. The summed E-state index contributed by atoms with van der Waals surface area (Å²) in [5.74, 6) is 1.77. The molecule has 0 saturated heterocycles. The van der Waals surface area contributed by atoms with Crippen LogP contribution in [0.2, 0.25) is 0 Å². The molecule has 0 atom stereocenters. The lowest BCUT2D eigenvalue weighted by atomic mass is 9.96. The molecule has 0 aliphatic heterocycles. The highest BCUT2D eigenvalue weighted by Crippen LogP contribution is 2.40. The number of aromatic nitrogens is 4. The van der Waals surface area contributed by atoms with Crippen molar-refractivity contribution in [3.8, 4) is 45.3 Å². The van der Waals surface area contributed by atoms with E-state index in [2.05, 4.69) is 54.6 Å². The van der Waals surface area contributed by atoms with Crippen molar-refractivity contribution in [1.82, 2.24) is 19.9 Å². The Hall–Kier alpha value is -6.20. The van der Waals surface area contributed by atoms with E-state index < -0.39 is 0 Å². The third-order valence-corrected chi connectivity index (χ3v) is 8.34. The van der Waals surface area contributed by atoms with Gasteiger partial charge in [0.05, 0.1) is 11.1 Å². The van der Waals surface area contributed by atoms with E-state index >= 15 is 0 Å². The van der Waals surface area contributed by atoms with Crippen LogP contribution in [-0.4, -0.2) is 19.9 Å². The van der Waals surface area contributed by atoms with E-state index in [0.717, 1.165) is 66.0 Å². The summed E-state index contributed by atoms with van der Waals surface area (Å²) < 4.78 is 6.54. The molecule has 0 aliphatic rings. The van der Waals surface area contributed by atoms with Crippen LogP contribution in [0, 0.1) is 0 Å². The van der Waals surface area contributed by atoms with Gasteiger partial charge in [-0.2, -0.15) is 0 Å². The number of pyridine rings is 1. The van der Waals surface area contributed by atoms with Gasteiger partial charge in [-0.1, -0.05) is 109 Å². The van der Waals surface area contributed by atoms with Gasteiger partial charge >= 0.3 is 0 Å². The summed E-state index contributed by atoms with van der Waals surface area (Å²) >= 11 is 0. The van der Waals surface area contributed by atoms with Crippen LogP contribution in [0.4, 0.5) is 0 Å². The molecule has 5 heteroatoms. The van der Waals surface area contributed by atoms with Crippen LogP contribution in [-0.2, 0) is 0 Å². The minimum Gasteiger partial charge on any atom is -0.455 e. The van der Waals surface area contributed by atoms with Gasteiger partial charge in [-0.25, -0.2) is 15.0 Å². The van der Waals surface area contributed by atoms with Crippen LogP contribution >= 0.6 is 0 Å². The minimum atomic E-state index is 0.557. The monoisotopic (exact) mass is 576 g/mol. The van der Waals surface area contributed by atoms with Gasteiger partial charge in [0.1, 0.15) is 11.2 Å². The van der Waals surface area contributed by atoms with Gasteiger partial charge in [-0.05, 0) is 46.8 Å². The Morgan fingerprint density at radius 1 is 0.422 bits per heavy atom. The van der Waals surface area contributed by atoms with Crippen molar-refractivity contribution in [1.29, 1.82) is 0 Å². The van der Waals surface area contributed by atoms with E-state index in [1.54, 1.807) is 0 Å². The lowest BCUT2D eigenvalue weighted by Crippen LogP contribution is -2.00. The van der Waals surface area contributed by atoms with Gasteiger partial charge < -0.3 is 4.42 Å². The third-order valence-electron chi connectivity index (χ3n) is 8.34. The topological polar surface area (TPSA) is 64.7 Å². The Balaban J connectivity index is 1.34. The third kappa shape index (κ3) is 4.33. The largest absolute Gasteiger partial charge is 0.455 e. The number of rotatable bonds is 4. The molecule has 5 nitrogen and oxygen atoms in total. The molecule has 0 bridgehead atoms. The van der Waals surface area contributed by atoms with Gasteiger partial charge in [-0.15, -0.1) is 0 Å². The number of furan rings is 1. The number of hydrogen-bond acceptors (Lipinski definition) is 5. The van der Waals surface area contributed by atoms with Crippen molar-refractivity contribution in [2.75, 3.05) is 0 Å². The van der Waals surface area contributed by atoms with Crippen molar-refractivity contribution in [2.24, 2.45) is 0 Å². The lowest BCUT2D eigenvalue weighted by molar-refractivity contribution is 0.669. The molecular weight excluding hydrogens is 552 g/mol. The van der Waals surface area contributed by atoms with Gasteiger partial charge in [0.25, 0.3) is 0 Å². The SMILES string of the molecule is c1ccc(-c2nc(-c3ccccc3)nc(-c3cc(-c4ccc5ncc6ccccc6c5c4)cc4c3oc3ccccc34)n2)cc1.